The number of hydrogen-bond acceptors (Lipinski definition) is 4. The first-order valence-electron chi connectivity index (χ1n) is 9.89. The summed E-state index contributed by atoms with van der Waals surface area (Å²) in [6, 6.07) is 11.7. The molecule has 6 heteroatoms. The quantitative estimate of drug-likeness (QED) is 0.576. The van der Waals surface area contributed by atoms with Crippen LogP contribution in [-0.2, 0) is 22.6 Å². The summed E-state index contributed by atoms with van der Waals surface area (Å²) in [6.07, 6.45) is 6.04. The molecular weight excluding hydrogens is 374 g/mol. The fourth-order valence-electron chi connectivity index (χ4n) is 3.52. The molecule has 1 saturated heterocycles. The fourth-order valence-corrected chi connectivity index (χ4v) is 4.31. The van der Waals surface area contributed by atoms with Crippen molar-refractivity contribution < 1.29 is 19.4 Å². The molecule has 1 amide bonds. The number of rotatable bonds is 10. The molecular formula is C22H27NO4S. The van der Waals surface area contributed by atoms with Crippen molar-refractivity contribution in [2.45, 2.75) is 58.1 Å². The Kier molecular flexibility index (Phi) is 7.23. The van der Waals surface area contributed by atoms with Gasteiger partial charge in [-0.2, -0.15) is 0 Å². The van der Waals surface area contributed by atoms with Crippen LogP contribution in [0, 0.1) is 0 Å². The average Bonchev–Trinajstić information content (AvgIpc) is 3.30. The Labute approximate surface area is 169 Å². The van der Waals surface area contributed by atoms with Crippen LogP contribution in [0.3, 0.4) is 0 Å². The smallest absolute Gasteiger partial charge is 0.345 e. The number of thiophene rings is 1. The zero-order valence-electron chi connectivity index (χ0n) is 16.2. The molecule has 2 aromatic rings. The fraction of sp³-hybridized carbons (Fsp3) is 0.455. The summed E-state index contributed by atoms with van der Waals surface area (Å²) in [5.74, 6) is -0.779. The topological polar surface area (TPSA) is 66.8 Å². The summed E-state index contributed by atoms with van der Waals surface area (Å²) in [7, 11) is 0. The number of carboxylic acid groups (broad SMARTS) is 1. The van der Waals surface area contributed by atoms with E-state index in [9.17, 15) is 9.59 Å². The van der Waals surface area contributed by atoms with Gasteiger partial charge in [0.1, 0.15) is 4.88 Å². The molecule has 1 aliphatic heterocycles. The van der Waals surface area contributed by atoms with E-state index in [2.05, 4.69) is 19.1 Å². The number of carbonyl (C=O) groups excluding carboxylic acids is 1. The molecule has 0 bridgehead atoms. The molecule has 3 rings (SSSR count). The van der Waals surface area contributed by atoms with Crippen molar-refractivity contribution in [3.8, 4) is 0 Å². The van der Waals surface area contributed by atoms with Crippen LogP contribution in [0.25, 0.3) is 0 Å². The number of unbranched alkanes of at least 4 members (excludes halogenated alkanes) is 2. The Hall–Kier alpha value is -2.18. The number of hydrogen-bond donors (Lipinski definition) is 1. The summed E-state index contributed by atoms with van der Waals surface area (Å²) >= 11 is 1.23. The van der Waals surface area contributed by atoms with Gasteiger partial charge in [0.2, 0.25) is 5.91 Å². The number of nitrogens with zero attached hydrogens (tertiary/aromatic N) is 1. The Morgan fingerprint density at radius 3 is 2.68 bits per heavy atom. The maximum absolute atomic E-state index is 12.4. The Morgan fingerprint density at radius 1 is 1.21 bits per heavy atom. The molecule has 0 aliphatic carbocycles. The van der Waals surface area contributed by atoms with Gasteiger partial charge in [-0.15, -0.1) is 11.3 Å². The number of amides is 1. The minimum absolute atomic E-state index is 0.0253. The average molecular weight is 402 g/mol. The van der Waals surface area contributed by atoms with Gasteiger partial charge in [0.15, 0.2) is 0 Å². The molecule has 0 unspecified atom stereocenters. The van der Waals surface area contributed by atoms with Crippen molar-refractivity contribution >= 4 is 28.9 Å². The molecule has 1 aromatic carbocycles. The molecule has 1 aromatic heterocycles. The molecule has 0 spiro atoms. The van der Waals surface area contributed by atoms with E-state index in [1.165, 1.54) is 36.2 Å². The molecule has 1 N–H and O–H groups in total. The maximum atomic E-state index is 12.4. The number of aryl methyl sites for hydroxylation is 1. The highest BCUT2D eigenvalue weighted by Gasteiger charge is 2.32. The third-order valence-corrected chi connectivity index (χ3v) is 6.08. The minimum atomic E-state index is -0.915. The first kappa shape index (κ1) is 20.6. The highest BCUT2D eigenvalue weighted by molar-refractivity contribution is 7.13. The van der Waals surface area contributed by atoms with Crippen molar-refractivity contribution in [2.75, 3.05) is 11.5 Å². The van der Waals surface area contributed by atoms with Gasteiger partial charge >= 0.3 is 5.97 Å². The lowest BCUT2D eigenvalue weighted by Gasteiger charge is -2.25. The molecule has 0 saturated carbocycles. The number of carboxylic acids is 1. The highest BCUT2D eigenvalue weighted by atomic mass is 32.1. The van der Waals surface area contributed by atoms with Gasteiger partial charge in [0.25, 0.3) is 0 Å². The zero-order chi connectivity index (χ0) is 19.9. The molecule has 1 atom stereocenters. The van der Waals surface area contributed by atoms with Gasteiger partial charge in [-0.3, -0.25) is 4.79 Å². The highest BCUT2D eigenvalue weighted by Crippen LogP contribution is 2.28. The van der Waals surface area contributed by atoms with Crippen molar-refractivity contribution in [3.05, 3.63) is 51.7 Å². The van der Waals surface area contributed by atoms with Crippen molar-refractivity contribution in [1.29, 1.82) is 0 Å². The van der Waals surface area contributed by atoms with Crippen LogP contribution < -0.4 is 4.90 Å². The third-order valence-electron chi connectivity index (χ3n) is 5.04. The van der Waals surface area contributed by atoms with Crippen LogP contribution in [0.2, 0.25) is 0 Å². The van der Waals surface area contributed by atoms with Gasteiger partial charge in [-0.05, 0) is 49.1 Å². The van der Waals surface area contributed by atoms with Crippen LogP contribution in [0.4, 0.5) is 5.69 Å². The molecule has 5 nitrogen and oxygen atoms in total. The van der Waals surface area contributed by atoms with E-state index in [1.807, 2.05) is 17.0 Å². The first-order chi connectivity index (χ1) is 13.6. The van der Waals surface area contributed by atoms with Gasteiger partial charge in [0.05, 0.1) is 19.3 Å². The van der Waals surface area contributed by atoms with Crippen LogP contribution in [0.15, 0.2) is 36.4 Å². The second kappa shape index (κ2) is 9.85. The van der Waals surface area contributed by atoms with Crippen LogP contribution in [0.1, 0.15) is 59.1 Å². The Morgan fingerprint density at radius 2 is 2.00 bits per heavy atom. The van der Waals surface area contributed by atoms with E-state index in [0.717, 1.165) is 23.4 Å². The van der Waals surface area contributed by atoms with Gasteiger partial charge in [-0.25, -0.2) is 4.79 Å². The van der Waals surface area contributed by atoms with Gasteiger partial charge in [-0.1, -0.05) is 31.9 Å². The first-order valence-corrected chi connectivity index (χ1v) is 10.7. The van der Waals surface area contributed by atoms with E-state index in [-0.39, 0.29) is 11.9 Å². The second-order valence-electron chi connectivity index (χ2n) is 7.17. The number of ether oxygens (including phenoxy) is 1. The lowest BCUT2D eigenvalue weighted by atomic mass is 10.1. The van der Waals surface area contributed by atoms with Crippen LogP contribution >= 0.6 is 11.3 Å². The van der Waals surface area contributed by atoms with Gasteiger partial charge < -0.3 is 14.7 Å². The summed E-state index contributed by atoms with van der Waals surface area (Å²) in [4.78, 5) is 26.4. The normalized spacial score (nSPS) is 16.7. The van der Waals surface area contributed by atoms with E-state index >= 15 is 0 Å². The van der Waals surface area contributed by atoms with E-state index in [1.54, 1.807) is 12.1 Å². The monoisotopic (exact) mass is 401 g/mol. The summed E-state index contributed by atoms with van der Waals surface area (Å²) < 4.78 is 5.81. The number of benzene rings is 1. The number of anilines is 1. The lowest BCUT2D eigenvalue weighted by Crippen LogP contribution is -2.36. The largest absolute Gasteiger partial charge is 0.477 e. The minimum Gasteiger partial charge on any atom is -0.477 e. The molecule has 1 fully saturated rings. The van der Waals surface area contributed by atoms with Crippen LogP contribution in [-0.4, -0.2) is 29.6 Å². The van der Waals surface area contributed by atoms with E-state index in [0.29, 0.717) is 24.5 Å². The predicted octanol–water partition coefficient (Wildman–Crippen LogP) is 4.89. The SMILES string of the molecule is CCCCCc1ccc(N2C(=O)CC[C@@H]2COCc2ccc(C(=O)O)s2)cc1. The maximum Gasteiger partial charge on any atom is 0.345 e. The summed E-state index contributed by atoms with van der Waals surface area (Å²) in [5, 5.41) is 8.99. The second-order valence-corrected chi connectivity index (χ2v) is 8.33. The van der Waals surface area contributed by atoms with Crippen molar-refractivity contribution in [3.63, 3.8) is 0 Å². The predicted molar refractivity (Wildman–Crippen MR) is 111 cm³/mol. The number of carbonyl (C=O) groups is 2. The van der Waals surface area contributed by atoms with Crippen LogP contribution in [0.5, 0.6) is 0 Å². The summed E-state index contributed by atoms with van der Waals surface area (Å²) in [6.45, 7) is 3.02. The van der Waals surface area contributed by atoms with Crippen molar-refractivity contribution in [2.24, 2.45) is 0 Å². The standard InChI is InChI=1S/C22H27NO4S/c1-2-3-4-5-16-6-8-17(9-7-16)23-18(10-13-21(23)24)14-27-15-19-11-12-20(28-19)22(25)26/h6-9,11-12,18H,2-5,10,13-15H2,1H3,(H,25,26)/t18-/m1/s1. The lowest BCUT2D eigenvalue weighted by molar-refractivity contribution is -0.117. The molecule has 28 heavy (non-hydrogen) atoms. The zero-order valence-corrected chi connectivity index (χ0v) is 17.0. The number of aromatic carboxylic acids is 1. The van der Waals surface area contributed by atoms with E-state index < -0.39 is 5.97 Å². The molecule has 0 radical (unpaired) electrons. The Bertz CT molecular complexity index is 799. The molecule has 1 aliphatic rings. The molecule has 2 heterocycles. The van der Waals surface area contributed by atoms with Gasteiger partial charge in [0, 0.05) is 17.0 Å². The Balaban J connectivity index is 1.55. The molecule has 150 valence electrons. The summed E-state index contributed by atoms with van der Waals surface area (Å²) in [5.41, 5.74) is 2.24. The van der Waals surface area contributed by atoms with Crippen molar-refractivity contribution in [1.82, 2.24) is 0 Å². The van der Waals surface area contributed by atoms with E-state index in [4.69, 9.17) is 9.84 Å². The third kappa shape index (κ3) is 5.20.